The first kappa shape index (κ1) is 15.3. The molecule has 0 aliphatic rings. The van der Waals surface area contributed by atoms with E-state index in [1.54, 1.807) is 6.92 Å². The number of nitrogens with two attached hydrogens (primary N) is 1. The molecule has 0 aliphatic carbocycles. The molecule has 0 radical (unpaired) electrons. The lowest BCUT2D eigenvalue weighted by atomic mass is 9.97. The minimum Gasteiger partial charge on any atom is -0.468 e. The highest BCUT2D eigenvalue weighted by molar-refractivity contribution is 5.79. The number of hydrogen-bond acceptors (Lipinski definition) is 4. The maximum Gasteiger partial charge on any atom is 0.325 e. The Morgan fingerprint density at radius 3 is 2.71 bits per heavy atom. The Balaban J connectivity index is 1.91. The van der Waals surface area contributed by atoms with Gasteiger partial charge in [-0.3, -0.25) is 9.48 Å². The van der Waals surface area contributed by atoms with Gasteiger partial charge in [-0.25, -0.2) is 0 Å². The molecular weight excluding hydrogens is 266 g/mol. The van der Waals surface area contributed by atoms with Crippen molar-refractivity contribution in [2.75, 3.05) is 7.11 Å². The Morgan fingerprint density at radius 2 is 2.05 bits per heavy atom. The fraction of sp³-hybridized carbons (Fsp3) is 0.375. The third kappa shape index (κ3) is 3.92. The number of esters is 1. The summed E-state index contributed by atoms with van der Waals surface area (Å²) < 4.78 is 6.56. The van der Waals surface area contributed by atoms with Crippen LogP contribution < -0.4 is 5.73 Å². The van der Waals surface area contributed by atoms with E-state index in [-0.39, 0.29) is 5.97 Å². The average Bonchev–Trinajstić information content (AvgIpc) is 2.96. The van der Waals surface area contributed by atoms with Crippen molar-refractivity contribution >= 4 is 5.97 Å². The molecule has 0 aliphatic heterocycles. The monoisotopic (exact) mass is 287 g/mol. The molecule has 1 heterocycles. The third-order valence-electron chi connectivity index (χ3n) is 3.48. The van der Waals surface area contributed by atoms with Crippen molar-refractivity contribution in [3.05, 3.63) is 42.7 Å². The molecule has 21 heavy (non-hydrogen) atoms. The predicted octanol–water partition coefficient (Wildman–Crippen LogP) is 2.22. The topological polar surface area (TPSA) is 70.1 Å². The third-order valence-corrected chi connectivity index (χ3v) is 3.48. The van der Waals surface area contributed by atoms with Gasteiger partial charge < -0.3 is 10.5 Å². The van der Waals surface area contributed by atoms with Crippen LogP contribution in [0.25, 0.3) is 11.1 Å². The lowest BCUT2D eigenvalue weighted by molar-refractivity contribution is -0.146. The summed E-state index contributed by atoms with van der Waals surface area (Å²) in [5.41, 5.74) is 7.21. The van der Waals surface area contributed by atoms with E-state index >= 15 is 0 Å². The molecule has 0 spiro atoms. The van der Waals surface area contributed by atoms with E-state index in [1.807, 2.05) is 35.3 Å². The molecule has 0 bridgehead atoms. The SMILES string of the molecule is COC(=O)C(C)(N)CCCn1cc(-c2ccccc2)cn1. The Hall–Kier alpha value is -2.14. The molecular formula is C16H21N3O2. The van der Waals surface area contributed by atoms with Crippen molar-refractivity contribution in [2.45, 2.75) is 31.8 Å². The standard InChI is InChI=1S/C16H21N3O2/c1-16(17,15(20)21-2)9-6-10-19-12-14(11-18-19)13-7-4-3-5-8-13/h3-5,7-8,11-12H,6,9-10,17H2,1-2H3. The fourth-order valence-electron chi connectivity index (χ4n) is 2.21. The van der Waals surface area contributed by atoms with E-state index in [0.29, 0.717) is 6.42 Å². The minimum atomic E-state index is -0.940. The summed E-state index contributed by atoms with van der Waals surface area (Å²) in [4.78, 5) is 11.5. The first-order chi connectivity index (χ1) is 10.0. The summed E-state index contributed by atoms with van der Waals surface area (Å²) in [6, 6.07) is 10.1. The largest absolute Gasteiger partial charge is 0.468 e. The zero-order valence-corrected chi connectivity index (χ0v) is 12.5. The highest BCUT2D eigenvalue weighted by atomic mass is 16.5. The number of carbonyl (C=O) groups excluding carboxylic acids is 1. The van der Waals surface area contributed by atoms with Crippen molar-refractivity contribution in [2.24, 2.45) is 5.73 Å². The van der Waals surface area contributed by atoms with Gasteiger partial charge in [-0.15, -0.1) is 0 Å². The van der Waals surface area contributed by atoms with Crippen LogP contribution in [0.2, 0.25) is 0 Å². The zero-order valence-electron chi connectivity index (χ0n) is 12.5. The minimum absolute atomic E-state index is 0.382. The maximum atomic E-state index is 11.5. The molecule has 1 aromatic heterocycles. The molecule has 112 valence electrons. The Morgan fingerprint density at radius 1 is 1.33 bits per heavy atom. The van der Waals surface area contributed by atoms with Crippen LogP contribution in [0.1, 0.15) is 19.8 Å². The lowest BCUT2D eigenvalue weighted by Crippen LogP contribution is -2.45. The van der Waals surface area contributed by atoms with Crippen LogP contribution in [0.4, 0.5) is 0 Å². The number of aromatic nitrogens is 2. The molecule has 2 aromatic rings. The summed E-state index contributed by atoms with van der Waals surface area (Å²) in [7, 11) is 1.35. The molecule has 5 heteroatoms. The second kappa shape index (κ2) is 6.54. The van der Waals surface area contributed by atoms with Crippen molar-refractivity contribution in [3.63, 3.8) is 0 Å². The molecule has 0 saturated carbocycles. The van der Waals surface area contributed by atoms with Gasteiger partial charge in [0, 0.05) is 18.3 Å². The quantitative estimate of drug-likeness (QED) is 0.827. The molecule has 2 N–H and O–H groups in total. The second-order valence-corrected chi connectivity index (χ2v) is 5.37. The van der Waals surface area contributed by atoms with Crippen LogP contribution in [0.15, 0.2) is 42.7 Å². The molecule has 2 rings (SSSR count). The van der Waals surface area contributed by atoms with E-state index in [4.69, 9.17) is 10.5 Å². The van der Waals surface area contributed by atoms with Crippen molar-refractivity contribution in [1.29, 1.82) is 0 Å². The number of ether oxygens (including phenoxy) is 1. The molecule has 1 unspecified atom stereocenters. The normalized spacial score (nSPS) is 13.7. The van der Waals surface area contributed by atoms with E-state index in [9.17, 15) is 4.79 Å². The van der Waals surface area contributed by atoms with Gasteiger partial charge in [0.05, 0.1) is 13.3 Å². The average molecular weight is 287 g/mol. The number of aryl methyl sites for hydroxylation is 1. The number of carbonyl (C=O) groups is 1. The van der Waals surface area contributed by atoms with Crippen LogP contribution in [0.3, 0.4) is 0 Å². The molecule has 1 atom stereocenters. The number of rotatable bonds is 6. The van der Waals surface area contributed by atoms with E-state index in [2.05, 4.69) is 17.2 Å². The summed E-state index contributed by atoms with van der Waals surface area (Å²) >= 11 is 0. The van der Waals surface area contributed by atoms with Gasteiger partial charge in [0.1, 0.15) is 5.54 Å². The maximum absolute atomic E-state index is 11.5. The van der Waals surface area contributed by atoms with Gasteiger partial charge in [-0.2, -0.15) is 5.10 Å². The zero-order chi connectivity index (χ0) is 15.3. The second-order valence-electron chi connectivity index (χ2n) is 5.37. The Kier molecular flexibility index (Phi) is 4.75. The molecule has 0 amide bonds. The van der Waals surface area contributed by atoms with Crippen LogP contribution >= 0.6 is 0 Å². The Bertz CT molecular complexity index is 591. The number of hydrogen-bond donors (Lipinski definition) is 1. The smallest absolute Gasteiger partial charge is 0.325 e. The van der Waals surface area contributed by atoms with Gasteiger partial charge in [-0.05, 0) is 25.3 Å². The van der Waals surface area contributed by atoms with Crippen LogP contribution in [0, 0.1) is 0 Å². The van der Waals surface area contributed by atoms with E-state index in [1.165, 1.54) is 7.11 Å². The van der Waals surface area contributed by atoms with Crippen molar-refractivity contribution in [3.8, 4) is 11.1 Å². The Labute approximate surface area is 124 Å². The summed E-state index contributed by atoms with van der Waals surface area (Å²) in [5, 5.41) is 4.34. The number of methoxy groups -OCH3 is 1. The summed E-state index contributed by atoms with van der Waals surface area (Å²) in [6.45, 7) is 2.41. The summed E-state index contributed by atoms with van der Waals surface area (Å²) in [5.74, 6) is -0.382. The first-order valence-corrected chi connectivity index (χ1v) is 6.98. The van der Waals surface area contributed by atoms with Gasteiger partial charge in [0.15, 0.2) is 0 Å². The molecule has 0 saturated heterocycles. The number of benzene rings is 1. The van der Waals surface area contributed by atoms with Gasteiger partial charge >= 0.3 is 5.97 Å². The first-order valence-electron chi connectivity index (χ1n) is 6.98. The predicted molar refractivity (Wildman–Crippen MR) is 81.5 cm³/mol. The molecule has 5 nitrogen and oxygen atoms in total. The number of nitrogens with zero attached hydrogens (tertiary/aromatic N) is 2. The van der Waals surface area contributed by atoms with Crippen molar-refractivity contribution < 1.29 is 9.53 Å². The lowest BCUT2D eigenvalue weighted by Gasteiger charge is -2.20. The summed E-state index contributed by atoms with van der Waals surface area (Å²) in [6.07, 6.45) is 5.16. The highest BCUT2D eigenvalue weighted by Crippen LogP contribution is 2.18. The van der Waals surface area contributed by atoms with Crippen LogP contribution in [-0.2, 0) is 16.1 Å². The van der Waals surface area contributed by atoms with Crippen LogP contribution in [0.5, 0.6) is 0 Å². The fourth-order valence-corrected chi connectivity index (χ4v) is 2.21. The van der Waals surface area contributed by atoms with E-state index in [0.717, 1.165) is 24.1 Å². The van der Waals surface area contributed by atoms with Gasteiger partial charge in [0.25, 0.3) is 0 Å². The van der Waals surface area contributed by atoms with Gasteiger partial charge in [-0.1, -0.05) is 30.3 Å². The van der Waals surface area contributed by atoms with Crippen LogP contribution in [-0.4, -0.2) is 28.4 Å². The molecule has 1 aromatic carbocycles. The highest BCUT2D eigenvalue weighted by Gasteiger charge is 2.28. The molecule has 0 fully saturated rings. The van der Waals surface area contributed by atoms with Gasteiger partial charge in [0.2, 0.25) is 0 Å². The van der Waals surface area contributed by atoms with Crippen molar-refractivity contribution in [1.82, 2.24) is 9.78 Å². The van der Waals surface area contributed by atoms with E-state index < -0.39 is 5.54 Å².